The molecule has 0 bridgehead atoms. The first kappa shape index (κ1) is 22.0. The number of rotatable bonds is 5. The lowest BCUT2D eigenvalue weighted by atomic mass is 9.83. The Morgan fingerprint density at radius 2 is 1.72 bits per heavy atom. The minimum Gasteiger partial charge on any atom is -0.450 e. The summed E-state index contributed by atoms with van der Waals surface area (Å²) in [4.78, 5) is 45.1. The van der Waals surface area contributed by atoms with E-state index in [0.717, 1.165) is 11.6 Å². The lowest BCUT2D eigenvalue weighted by molar-refractivity contribution is -0.125. The van der Waals surface area contributed by atoms with E-state index >= 15 is 0 Å². The minimum atomic E-state index is -1.72. The van der Waals surface area contributed by atoms with Crippen LogP contribution in [0.1, 0.15) is 27.2 Å². The van der Waals surface area contributed by atoms with Gasteiger partial charge in [-0.15, -0.1) is 6.58 Å². The fourth-order valence-electron chi connectivity index (χ4n) is 5.46. The molecule has 0 saturated carbocycles. The van der Waals surface area contributed by atoms with Crippen LogP contribution < -0.4 is 10.3 Å². The van der Waals surface area contributed by atoms with E-state index in [4.69, 9.17) is 4.42 Å². The van der Waals surface area contributed by atoms with Gasteiger partial charge in [0.2, 0.25) is 5.76 Å². The van der Waals surface area contributed by atoms with Crippen LogP contribution in [0.4, 0.5) is 10.1 Å². The highest BCUT2D eigenvalue weighted by Crippen LogP contribution is 2.52. The first-order valence-corrected chi connectivity index (χ1v) is 11.6. The Hall–Kier alpha value is -4.52. The van der Waals surface area contributed by atoms with Crippen LogP contribution in [0.2, 0.25) is 0 Å². The van der Waals surface area contributed by atoms with Gasteiger partial charge in [0.1, 0.15) is 11.4 Å². The third-order valence-electron chi connectivity index (χ3n) is 6.98. The van der Waals surface area contributed by atoms with Crippen LogP contribution in [0.3, 0.4) is 0 Å². The number of carbonyl (C=O) groups is 2. The largest absolute Gasteiger partial charge is 0.450 e. The van der Waals surface area contributed by atoms with E-state index < -0.39 is 28.6 Å². The van der Waals surface area contributed by atoms with Crippen LogP contribution in [-0.2, 0) is 16.8 Å². The molecule has 4 aromatic rings. The molecule has 0 radical (unpaired) electrons. The number of fused-ring (bicyclic) bond motifs is 5. The van der Waals surface area contributed by atoms with Gasteiger partial charge >= 0.3 is 0 Å². The van der Waals surface area contributed by atoms with E-state index in [1.54, 1.807) is 30.3 Å². The molecule has 0 aliphatic carbocycles. The molecule has 2 amide bonds. The number of para-hydroxylation sites is 1. The molecule has 1 spiro atoms. The fraction of sp³-hybridized carbons (Fsp3) is 0.138. The quantitative estimate of drug-likeness (QED) is 0.397. The van der Waals surface area contributed by atoms with Crippen molar-refractivity contribution in [1.29, 1.82) is 0 Å². The van der Waals surface area contributed by atoms with Gasteiger partial charge in [-0.25, -0.2) is 4.39 Å². The van der Waals surface area contributed by atoms with Gasteiger partial charge in [0, 0.05) is 18.7 Å². The van der Waals surface area contributed by atoms with Crippen molar-refractivity contribution in [2.45, 2.75) is 12.0 Å². The minimum absolute atomic E-state index is 0.0155. The van der Waals surface area contributed by atoms with E-state index in [1.165, 1.54) is 21.9 Å². The third-order valence-corrected chi connectivity index (χ3v) is 6.98. The monoisotopic (exact) mass is 480 g/mol. The van der Waals surface area contributed by atoms with Crippen LogP contribution in [0.5, 0.6) is 0 Å². The van der Waals surface area contributed by atoms with Gasteiger partial charge in [-0.05, 0) is 36.2 Å². The maximum Gasteiger partial charge on any atom is 0.291 e. The van der Waals surface area contributed by atoms with Crippen molar-refractivity contribution in [2.75, 3.05) is 18.0 Å². The Morgan fingerprint density at radius 3 is 2.50 bits per heavy atom. The Kier molecular flexibility index (Phi) is 4.89. The standard InChI is InChI=1S/C29H21FN2O4/c1-2-15-31-22-11-7-6-10-21(22)29(28(31)35)24-25(33)20-17-19(30)12-13-23(20)36-26(24)27(34)32(29)16-14-18-8-4-3-5-9-18/h2-13,17H,1,14-16H2/t29-/m0/s1. The van der Waals surface area contributed by atoms with Crippen molar-refractivity contribution < 1.29 is 18.4 Å². The van der Waals surface area contributed by atoms with E-state index in [2.05, 4.69) is 6.58 Å². The van der Waals surface area contributed by atoms with E-state index in [0.29, 0.717) is 17.7 Å². The number of hydrogen-bond donors (Lipinski definition) is 0. The summed E-state index contributed by atoms with van der Waals surface area (Å²) in [5, 5.41) is -0.0155. The first-order chi connectivity index (χ1) is 17.5. The lowest BCUT2D eigenvalue weighted by Crippen LogP contribution is -2.54. The summed E-state index contributed by atoms with van der Waals surface area (Å²) >= 11 is 0. The van der Waals surface area contributed by atoms with Gasteiger partial charge in [0.15, 0.2) is 11.0 Å². The molecule has 1 aromatic heterocycles. The molecule has 178 valence electrons. The molecule has 3 aromatic carbocycles. The number of anilines is 1. The van der Waals surface area contributed by atoms with Crippen molar-refractivity contribution >= 4 is 28.5 Å². The van der Waals surface area contributed by atoms with Crippen molar-refractivity contribution in [3.63, 3.8) is 0 Å². The fourth-order valence-corrected chi connectivity index (χ4v) is 5.46. The van der Waals surface area contributed by atoms with Crippen molar-refractivity contribution in [2.24, 2.45) is 0 Å². The molecule has 2 aliphatic rings. The van der Waals surface area contributed by atoms with Gasteiger partial charge in [-0.1, -0.05) is 54.6 Å². The van der Waals surface area contributed by atoms with Gasteiger partial charge < -0.3 is 14.2 Å². The highest BCUT2D eigenvalue weighted by molar-refractivity contribution is 6.17. The topological polar surface area (TPSA) is 70.8 Å². The summed E-state index contributed by atoms with van der Waals surface area (Å²) in [5.74, 6) is -1.78. The number of nitrogens with zero attached hydrogens (tertiary/aromatic N) is 2. The Morgan fingerprint density at radius 1 is 0.972 bits per heavy atom. The Labute approximate surface area is 205 Å². The number of benzene rings is 3. The average Bonchev–Trinajstić information content (AvgIpc) is 3.29. The van der Waals surface area contributed by atoms with E-state index in [9.17, 15) is 18.8 Å². The van der Waals surface area contributed by atoms with Gasteiger partial charge in [0.05, 0.1) is 16.6 Å². The second-order valence-corrected chi connectivity index (χ2v) is 8.90. The summed E-state index contributed by atoms with van der Waals surface area (Å²) in [5.41, 5.74) is -0.207. The summed E-state index contributed by atoms with van der Waals surface area (Å²) in [7, 11) is 0. The molecule has 6 nitrogen and oxygen atoms in total. The van der Waals surface area contributed by atoms with Crippen molar-refractivity contribution in [3.8, 4) is 0 Å². The first-order valence-electron chi connectivity index (χ1n) is 11.6. The van der Waals surface area contributed by atoms with Crippen LogP contribution in [0.25, 0.3) is 11.0 Å². The second-order valence-electron chi connectivity index (χ2n) is 8.90. The Balaban J connectivity index is 1.65. The summed E-state index contributed by atoms with van der Waals surface area (Å²) in [6.07, 6.45) is 2.06. The highest BCUT2D eigenvalue weighted by Gasteiger charge is 2.64. The molecular weight excluding hydrogens is 459 g/mol. The highest BCUT2D eigenvalue weighted by atomic mass is 19.1. The zero-order valence-electron chi connectivity index (χ0n) is 19.2. The van der Waals surface area contributed by atoms with Crippen molar-refractivity contribution in [3.05, 3.63) is 124 Å². The number of hydrogen-bond acceptors (Lipinski definition) is 4. The van der Waals surface area contributed by atoms with Crippen LogP contribution in [0, 0.1) is 5.82 Å². The molecule has 0 saturated heterocycles. The predicted octanol–water partition coefficient (Wildman–Crippen LogP) is 4.41. The van der Waals surface area contributed by atoms with Gasteiger partial charge in [0.25, 0.3) is 11.8 Å². The summed E-state index contributed by atoms with van der Waals surface area (Å²) in [6, 6.07) is 20.3. The molecule has 0 fully saturated rings. The molecule has 0 unspecified atom stereocenters. The summed E-state index contributed by atoms with van der Waals surface area (Å²) < 4.78 is 20.1. The predicted molar refractivity (Wildman–Crippen MR) is 133 cm³/mol. The molecule has 0 N–H and O–H groups in total. The maximum atomic E-state index is 14.3. The molecule has 3 heterocycles. The van der Waals surface area contributed by atoms with Crippen LogP contribution in [-0.4, -0.2) is 29.8 Å². The van der Waals surface area contributed by atoms with E-state index in [-0.39, 0.29) is 35.4 Å². The third kappa shape index (κ3) is 2.86. The molecule has 36 heavy (non-hydrogen) atoms. The SMILES string of the molecule is C=CCN1C(=O)[C@]2(c3ccccc31)c1c(oc3ccc(F)cc3c1=O)C(=O)N2CCc1ccccc1. The van der Waals surface area contributed by atoms with E-state index in [1.807, 2.05) is 30.3 Å². The molecule has 2 aliphatic heterocycles. The van der Waals surface area contributed by atoms with Crippen molar-refractivity contribution in [1.82, 2.24) is 4.90 Å². The smallest absolute Gasteiger partial charge is 0.291 e. The molecule has 7 heteroatoms. The maximum absolute atomic E-state index is 14.3. The average molecular weight is 480 g/mol. The lowest BCUT2D eigenvalue weighted by Gasteiger charge is -2.34. The Bertz CT molecular complexity index is 1630. The molecular formula is C29H21FN2O4. The van der Waals surface area contributed by atoms with Crippen LogP contribution in [0.15, 0.2) is 94.7 Å². The summed E-state index contributed by atoms with van der Waals surface area (Å²) in [6.45, 7) is 4.13. The van der Waals surface area contributed by atoms with Crippen LogP contribution >= 0.6 is 0 Å². The molecule has 1 atom stereocenters. The zero-order valence-corrected chi connectivity index (χ0v) is 19.2. The number of carbonyl (C=O) groups excluding carboxylic acids is 2. The van der Waals surface area contributed by atoms with Gasteiger partial charge in [-0.2, -0.15) is 0 Å². The molecule has 6 rings (SSSR count). The number of halogens is 1. The number of amides is 2. The van der Waals surface area contributed by atoms with Gasteiger partial charge in [-0.3, -0.25) is 14.4 Å². The second kappa shape index (κ2) is 8.02. The zero-order chi connectivity index (χ0) is 25.0. The normalized spacial score (nSPS) is 18.2.